The van der Waals surface area contributed by atoms with Crippen LogP contribution in [-0.4, -0.2) is 59.6 Å². The van der Waals surface area contributed by atoms with Gasteiger partial charge in [0.1, 0.15) is 18.7 Å². The maximum atomic E-state index is 13.5. The molecule has 6 nitrogen and oxygen atoms in total. The van der Waals surface area contributed by atoms with E-state index in [2.05, 4.69) is 5.32 Å². The van der Waals surface area contributed by atoms with Gasteiger partial charge < -0.3 is 15.0 Å². The van der Waals surface area contributed by atoms with E-state index < -0.39 is 12.1 Å². The molecule has 3 heterocycles. The van der Waals surface area contributed by atoms with Gasteiger partial charge in [-0.2, -0.15) is 25.3 Å². The van der Waals surface area contributed by atoms with Crippen LogP contribution in [0.5, 0.6) is 0 Å². The first-order chi connectivity index (χ1) is 16.1. The molecule has 0 bridgehead atoms. The molecule has 186 valence electrons. The fraction of sp³-hybridized carbons (Fsp3) is 0.346. The molecule has 2 amide bonds. The van der Waals surface area contributed by atoms with E-state index in [4.69, 9.17) is 4.74 Å². The number of nitrogens with zero attached hydrogens (tertiary/aromatic N) is 1. The number of carbonyl (C=O) groups excluding carboxylic acids is 3. The lowest BCUT2D eigenvalue weighted by atomic mass is 10.1. The van der Waals surface area contributed by atoms with Gasteiger partial charge in [0.25, 0.3) is 5.91 Å². The van der Waals surface area contributed by atoms with Crippen molar-refractivity contribution in [1.82, 2.24) is 10.2 Å². The van der Waals surface area contributed by atoms with E-state index in [1.807, 2.05) is 60.7 Å². The highest BCUT2D eigenvalue weighted by Gasteiger charge is 2.48. The topological polar surface area (TPSA) is 75.7 Å². The number of likely N-dealkylation sites (tertiary alicyclic amines) is 1. The van der Waals surface area contributed by atoms with Gasteiger partial charge in [-0.05, 0) is 29.5 Å². The predicted molar refractivity (Wildman–Crippen MR) is 148 cm³/mol. The maximum absolute atomic E-state index is 13.5. The zero-order valence-electron chi connectivity index (χ0n) is 18.4. The molecule has 0 spiro atoms. The summed E-state index contributed by atoms with van der Waals surface area (Å²) in [6.45, 7) is 0.527. The second-order valence-electron chi connectivity index (χ2n) is 8.26. The first-order valence-corrected chi connectivity index (χ1v) is 12.9. The Labute approximate surface area is 220 Å². The summed E-state index contributed by atoms with van der Waals surface area (Å²) in [7, 11) is 0. The SMILES string of the molecule is C.O=C(N[C@@H](CSCc1ccccc1)C(=O)N1CC[C@H]2OCC(=O)[C@H]21)c1cc2ccccc2s1.S. The summed E-state index contributed by atoms with van der Waals surface area (Å²) in [5.74, 6) is 0.624. The summed E-state index contributed by atoms with van der Waals surface area (Å²) in [6.07, 6.45) is 0.424. The minimum absolute atomic E-state index is 0. The van der Waals surface area contributed by atoms with Gasteiger partial charge in [-0.15, -0.1) is 11.3 Å². The molecule has 0 saturated carbocycles. The molecular weight excluding hydrogens is 500 g/mol. The average molecular weight is 531 g/mol. The van der Waals surface area contributed by atoms with Gasteiger partial charge in [-0.3, -0.25) is 14.4 Å². The maximum Gasteiger partial charge on any atom is 0.262 e. The molecule has 2 aliphatic heterocycles. The number of nitrogens with one attached hydrogen (secondary N) is 1. The molecule has 0 radical (unpaired) electrons. The van der Waals surface area contributed by atoms with Gasteiger partial charge in [0.05, 0.1) is 11.0 Å². The number of amides is 2. The molecular formula is C26H30N2O4S3. The zero-order chi connectivity index (χ0) is 22.8. The van der Waals surface area contributed by atoms with E-state index in [1.165, 1.54) is 11.3 Å². The van der Waals surface area contributed by atoms with Gasteiger partial charge in [0.2, 0.25) is 5.91 Å². The number of Topliss-reactive ketones (excluding diaryl/α,β-unsaturated/α-hetero) is 1. The van der Waals surface area contributed by atoms with Crippen LogP contribution in [0.2, 0.25) is 0 Å². The van der Waals surface area contributed by atoms with E-state index in [0.717, 1.165) is 21.4 Å². The Morgan fingerprint density at radius 1 is 1.14 bits per heavy atom. The standard InChI is InChI=1S/C25H24N2O4S2.CH4.H2S/c28-19-13-31-20-10-11-27(23(19)20)25(30)18(15-32-14-16-6-2-1-3-7-16)26-24(29)22-12-17-8-4-5-9-21(17)33-22;;/h1-9,12,18,20,23H,10-11,13-15H2,(H,26,29);1H4;1H2/t18-,20+,23+;;/m0../s1. The molecule has 0 unspecified atom stereocenters. The Morgan fingerprint density at radius 2 is 1.89 bits per heavy atom. The summed E-state index contributed by atoms with van der Waals surface area (Å²) >= 11 is 3.00. The van der Waals surface area contributed by atoms with Crippen molar-refractivity contribution in [2.75, 3.05) is 18.9 Å². The normalized spacial score (nSPS) is 19.5. The van der Waals surface area contributed by atoms with Gasteiger partial charge in [0, 0.05) is 22.8 Å². The summed E-state index contributed by atoms with van der Waals surface area (Å²) in [4.78, 5) is 41.1. The molecule has 35 heavy (non-hydrogen) atoms. The number of thiophene rings is 1. The van der Waals surface area contributed by atoms with Crippen LogP contribution in [0.4, 0.5) is 0 Å². The highest BCUT2D eigenvalue weighted by molar-refractivity contribution is 7.98. The Bertz CT molecular complexity index is 1150. The average Bonchev–Trinajstić information content (AvgIpc) is 3.55. The quantitative estimate of drug-likeness (QED) is 0.494. The number of rotatable bonds is 7. The van der Waals surface area contributed by atoms with Gasteiger partial charge in [-0.25, -0.2) is 0 Å². The number of hydrogen-bond acceptors (Lipinski definition) is 6. The van der Waals surface area contributed by atoms with Crippen LogP contribution in [-0.2, 0) is 20.1 Å². The third-order valence-corrected chi connectivity index (χ3v) is 8.27. The Kier molecular flexibility index (Phi) is 9.40. The third kappa shape index (κ3) is 5.91. The lowest BCUT2D eigenvalue weighted by Crippen LogP contribution is -2.53. The molecule has 1 N–H and O–H groups in total. The number of benzene rings is 2. The molecule has 9 heteroatoms. The van der Waals surface area contributed by atoms with Crippen molar-refractivity contribution in [1.29, 1.82) is 0 Å². The van der Waals surface area contributed by atoms with E-state index in [-0.39, 0.29) is 51.2 Å². The second-order valence-corrected chi connectivity index (χ2v) is 10.4. The van der Waals surface area contributed by atoms with Crippen LogP contribution in [0.3, 0.4) is 0 Å². The second kappa shape index (κ2) is 12.1. The van der Waals surface area contributed by atoms with E-state index in [9.17, 15) is 14.4 Å². The fourth-order valence-corrected chi connectivity index (χ4v) is 6.38. The number of carbonyl (C=O) groups is 3. The summed E-state index contributed by atoms with van der Waals surface area (Å²) in [5, 5.41) is 3.96. The first kappa shape index (κ1) is 27.3. The predicted octanol–water partition coefficient (Wildman–Crippen LogP) is 4.25. The third-order valence-electron chi connectivity index (χ3n) is 6.04. The molecule has 3 aromatic rings. The monoisotopic (exact) mass is 530 g/mol. The van der Waals surface area contributed by atoms with Crippen LogP contribution < -0.4 is 5.32 Å². The molecule has 5 rings (SSSR count). The highest BCUT2D eigenvalue weighted by Crippen LogP contribution is 2.29. The van der Waals surface area contributed by atoms with E-state index >= 15 is 0 Å². The Hall–Kier alpha value is -2.33. The lowest BCUT2D eigenvalue weighted by molar-refractivity contribution is -0.137. The van der Waals surface area contributed by atoms with Gasteiger partial charge in [-0.1, -0.05) is 56.0 Å². The Morgan fingerprint density at radius 3 is 2.66 bits per heavy atom. The molecule has 2 aromatic carbocycles. The van der Waals surface area contributed by atoms with E-state index in [0.29, 0.717) is 23.6 Å². The summed E-state index contributed by atoms with van der Waals surface area (Å²) in [5.41, 5.74) is 1.16. The van der Waals surface area contributed by atoms with Crippen molar-refractivity contribution in [3.63, 3.8) is 0 Å². The van der Waals surface area contributed by atoms with Gasteiger partial charge >= 0.3 is 0 Å². The number of ketones is 1. The van der Waals surface area contributed by atoms with Crippen LogP contribution in [0.25, 0.3) is 10.1 Å². The minimum atomic E-state index is -0.719. The molecule has 2 aliphatic rings. The van der Waals surface area contributed by atoms with Crippen molar-refractivity contribution in [3.8, 4) is 0 Å². The van der Waals surface area contributed by atoms with Crippen molar-refractivity contribution in [3.05, 3.63) is 71.1 Å². The molecule has 2 saturated heterocycles. The smallest absolute Gasteiger partial charge is 0.262 e. The highest BCUT2D eigenvalue weighted by atomic mass is 32.2. The summed E-state index contributed by atoms with van der Waals surface area (Å²) < 4.78 is 6.57. The van der Waals surface area contributed by atoms with Gasteiger partial charge in [0.15, 0.2) is 5.78 Å². The number of fused-ring (bicyclic) bond motifs is 2. The Balaban J connectivity index is 0.00000171. The lowest BCUT2D eigenvalue weighted by Gasteiger charge is -2.27. The zero-order valence-corrected chi connectivity index (χ0v) is 21.1. The first-order valence-electron chi connectivity index (χ1n) is 11.0. The number of ether oxygens (including phenoxy) is 1. The van der Waals surface area contributed by atoms with Crippen LogP contribution in [0.15, 0.2) is 60.7 Å². The molecule has 1 aromatic heterocycles. The minimum Gasteiger partial charge on any atom is -0.368 e. The van der Waals surface area contributed by atoms with Crippen LogP contribution >= 0.6 is 36.6 Å². The molecule has 0 aliphatic carbocycles. The fourth-order valence-electron chi connectivity index (χ4n) is 4.41. The molecule has 3 atom stereocenters. The van der Waals surface area contributed by atoms with Crippen molar-refractivity contribution in [2.24, 2.45) is 0 Å². The van der Waals surface area contributed by atoms with E-state index in [1.54, 1.807) is 16.7 Å². The van der Waals surface area contributed by atoms with Crippen molar-refractivity contribution in [2.45, 2.75) is 37.8 Å². The van der Waals surface area contributed by atoms with Crippen LogP contribution in [0, 0.1) is 0 Å². The number of hydrogen-bond donors (Lipinski definition) is 1. The molecule has 2 fully saturated rings. The van der Waals surface area contributed by atoms with Crippen molar-refractivity contribution >= 4 is 64.3 Å². The number of thioether (sulfide) groups is 1. The van der Waals surface area contributed by atoms with Crippen molar-refractivity contribution < 1.29 is 19.1 Å². The summed E-state index contributed by atoms with van der Waals surface area (Å²) in [6, 6.07) is 18.5. The van der Waals surface area contributed by atoms with Crippen LogP contribution in [0.1, 0.15) is 29.1 Å². The largest absolute Gasteiger partial charge is 0.368 e.